The highest BCUT2D eigenvalue weighted by Crippen LogP contribution is 2.10. The van der Waals surface area contributed by atoms with Crippen LogP contribution in [-0.2, 0) is 10.0 Å². The fourth-order valence-electron chi connectivity index (χ4n) is 1.82. The van der Waals surface area contributed by atoms with Gasteiger partial charge in [0.25, 0.3) is 10.0 Å². The van der Waals surface area contributed by atoms with Crippen molar-refractivity contribution in [1.82, 2.24) is 20.0 Å². The highest BCUT2D eigenvalue weighted by Gasteiger charge is 2.19. The lowest BCUT2D eigenvalue weighted by atomic mass is 10.0. The van der Waals surface area contributed by atoms with Crippen LogP contribution in [0.15, 0.2) is 23.6 Å². The second-order valence-electron chi connectivity index (χ2n) is 4.11. The van der Waals surface area contributed by atoms with Gasteiger partial charge in [0.05, 0.1) is 6.20 Å². The van der Waals surface area contributed by atoms with Crippen LogP contribution < -0.4 is 10.0 Å². The monoisotopic (exact) mass is 256 g/mol. The zero-order chi connectivity index (χ0) is 12.1. The van der Waals surface area contributed by atoms with Crippen LogP contribution in [0.2, 0.25) is 0 Å². The smallest absolute Gasteiger partial charge is 0.259 e. The summed E-state index contributed by atoms with van der Waals surface area (Å²) in [5.74, 6) is 0.357. The summed E-state index contributed by atoms with van der Waals surface area (Å²) in [6.45, 7) is 2.34. The molecule has 0 amide bonds. The summed E-state index contributed by atoms with van der Waals surface area (Å²) in [5, 5.41) is 3.22. The molecule has 1 atom stereocenters. The number of sulfonamides is 1. The summed E-state index contributed by atoms with van der Waals surface area (Å²) in [5.41, 5.74) is 0. The first kappa shape index (κ1) is 12.4. The summed E-state index contributed by atoms with van der Waals surface area (Å²) in [4.78, 5) is 7.54. The zero-order valence-corrected chi connectivity index (χ0v) is 10.3. The topological polar surface area (TPSA) is 84.0 Å². The van der Waals surface area contributed by atoms with Gasteiger partial charge in [0.1, 0.15) is 0 Å². The van der Waals surface area contributed by atoms with Crippen molar-refractivity contribution < 1.29 is 8.42 Å². The van der Waals surface area contributed by atoms with Crippen LogP contribution in [0.3, 0.4) is 0 Å². The highest BCUT2D eigenvalue weighted by molar-refractivity contribution is 7.89. The van der Waals surface area contributed by atoms with Crippen LogP contribution in [0, 0.1) is 5.92 Å². The maximum Gasteiger partial charge on any atom is 0.259 e. The normalized spacial score (nSPS) is 21.3. The third kappa shape index (κ3) is 3.45. The maximum absolute atomic E-state index is 11.8. The molecular weight excluding hydrogens is 240 g/mol. The van der Waals surface area contributed by atoms with Gasteiger partial charge in [-0.3, -0.25) is 4.98 Å². The number of nitrogens with one attached hydrogen (secondary N) is 2. The Balaban J connectivity index is 1.94. The average molecular weight is 256 g/mol. The summed E-state index contributed by atoms with van der Waals surface area (Å²) in [7, 11) is -3.51. The molecule has 1 aliphatic heterocycles. The second kappa shape index (κ2) is 5.52. The van der Waals surface area contributed by atoms with E-state index in [1.807, 2.05) is 0 Å². The lowest BCUT2D eigenvalue weighted by Gasteiger charge is -2.22. The number of rotatable bonds is 4. The van der Waals surface area contributed by atoms with Gasteiger partial charge in [0.15, 0.2) is 5.03 Å². The van der Waals surface area contributed by atoms with Crippen molar-refractivity contribution in [3.8, 4) is 0 Å². The molecule has 1 aromatic heterocycles. The van der Waals surface area contributed by atoms with Crippen LogP contribution in [-0.4, -0.2) is 38.0 Å². The van der Waals surface area contributed by atoms with E-state index in [-0.39, 0.29) is 5.03 Å². The largest absolute Gasteiger partial charge is 0.316 e. The highest BCUT2D eigenvalue weighted by atomic mass is 32.2. The number of nitrogens with zero attached hydrogens (tertiary/aromatic N) is 2. The van der Waals surface area contributed by atoms with E-state index in [0.717, 1.165) is 25.9 Å². The van der Waals surface area contributed by atoms with E-state index in [4.69, 9.17) is 0 Å². The molecule has 0 radical (unpaired) electrons. The van der Waals surface area contributed by atoms with E-state index in [1.165, 1.54) is 18.6 Å². The molecule has 0 aromatic carbocycles. The van der Waals surface area contributed by atoms with E-state index < -0.39 is 10.0 Å². The minimum absolute atomic E-state index is 0.0243. The van der Waals surface area contributed by atoms with Crippen LogP contribution in [0.25, 0.3) is 0 Å². The Morgan fingerprint density at radius 3 is 3.00 bits per heavy atom. The molecule has 1 aliphatic rings. The first-order chi connectivity index (χ1) is 8.18. The molecule has 0 bridgehead atoms. The van der Waals surface area contributed by atoms with Crippen molar-refractivity contribution in [2.45, 2.75) is 17.9 Å². The minimum Gasteiger partial charge on any atom is -0.316 e. The van der Waals surface area contributed by atoms with Crippen LogP contribution in [0.5, 0.6) is 0 Å². The number of aromatic nitrogens is 2. The quantitative estimate of drug-likeness (QED) is 0.776. The van der Waals surface area contributed by atoms with E-state index in [2.05, 4.69) is 20.0 Å². The summed E-state index contributed by atoms with van der Waals surface area (Å²) < 4.78 is 26.3. The molecule has 2 N–H and O–H groups in total. The van der Waals surface area contributed by atoms with Crippen molar-refractivity contribution in [2.75, 3.05) is 19.6 Å². The molecule has 1 unspecified atom stereocenters. The third-order valence-corrected chi connectivity index (χ3v) is 4.08. The Bertz CT molecular complexity index is 443. The molecule has 6 nitrogen and oxygen atoms in total. The number of hydrogen-bond acceptors (Lipinski definition) is 5. The van der Waals surface area contributed by atoms with Gasteiger partial charge < -0.3 is 5.32 Å². The van der Waals surface area contributed by atoms with Crippen LogP contribution in [0.4, 0.5) is 0 Å². The molecule has 1 fully saturated rings. The van der Waals surface area contributed by atoms with Gasteiger partial charge in [-0.25, -0.2) is 18.1 Å². The van der Waals surface area contributed by atoms with Gasteiger partial charge in [-0.2, -0.15) is 0 Å². The molecular formula is C10H16N4O2S. The molecule has 17 heavy (non-hydrogen) atoms. The van der Waals surface area contributed by atoms with Crippen molar-refractivity contribution in [2.24, 2.45) is 5.92 Å². The Morgan fingerprint density at radius 2 is 2.35 bits per heavy atom. The predicted octanol–water partition coefficient (Wildman–Crippen LogP) is -0.246. The van der Waals surface area contributed by atoms with Gasteiger partial charge in [-0.15, -0.1) is 0 Å². The molecule has 7 heteroatoms. The Morgan fingerprint density at radius 1 is 1.47 bits per heavy atom. The van der Waals surface area contributed by atoms with Crippen molar-refractivity contribution >= 4 is 10.0 Å². The summed E-state index contributed by atoms with van der Waals surface area (Å²) in [6, 6.07) is 0. The number of hydrogen-bond donors (Lipinski definition) is 2. The molecule has 1 aromatic rings. The van der Waals surface area contributed by atoms with Gasteiger partial charge in [0, 0.05) is 18.9 Å². The Kier molecular flexibility index (Phi) is 4.03. The molecule has 2 heterocycles. The van der Waals surface area contributed by atoms with E-state index in [1.54, 1.807) is 0 Å². The Labute approximate surface area is 101 Å². The fraction of sp³-hybridized carbons (Fsp3) is 0.600. The maximum atomic E-state index is 11.8. The SMILES string of the molecule is O=S(=O)(NCC1CCCNC1)c1cnccn1. The standard InChI is InChI=1S/C10H16N4O2S/c15-17(16,10-8-12-4-5-13-10)14-7-9-2-1-3-11-6-9/h4-5,8-9,11,14H,1-3,6-7H2. The molecule has 0 aliphatic carbocycles. The fourth-order valence-corrected chi connectivity index (χ4v) is 2.83. The van der Waals surface area contributed by atoms with Crippen molar-refractivity contribution in [1.29, 1.82) is 0 Å². The molecule has 0 saturated carbocycles. The zero-order valence-electron chi connectivity index (χ0n) is 9.46. The molecule has 1 saturated heterocycles. The molecule has 0 spiro atoms. The van der Waals surface area contributed by atoms with Crippen molar-refractivity contribution in [3.63, 3.8) is 0 Å². The van der Waals surface area contributed by atoms with Gasteiger partial charge in [-0.05, 0) is 31.8 Å². The lowest BCUT2D eigenvalue weighted by Crippen LogP contribution is -2.38. The second-order valence-corrected chi connectivity index (χ2v) is 5.82. The van der Waals surface area contributed by atoms with Crippen LogP contribution in [0.1, 0.15) is 12.8 Å². The van der Waals surface area contributed by atoms with E-state index in [0.29, 0.717) is 12.5 Å². The first-order valence-corrected chi connectivity index (χ1v) is 7.13. The Hall–Kier alpha value is -1.05. The molecule has 2 rings (SSSR count). The third-order valence-electron chi connectivity index (χ3n) is 2.78. The first-order valence-electron chi connectivity index (χ1n) is 5.65. The predicted molar refractivity (Wildman–Crippen MR) is 62.8 cm³/mol. The lowest BCUT2D eigenvalue weighted by molar-refractivity contribution is 0.375. The van der Waals surface area contributed by atoms with Crippen molar-refractivity contribution in [3.05, 3.63) is 18.6 Å². The summed E-state index contributed by atoms with van der Waals surface area (Å²) >= 11 is 0. The number of piperidine rings is 1. The average Bonchev–Trinajstić information content (AvgIpc) is 2.39. The summed E-state index contributed by atoms with van der Waals surface area (Å²) in [6.07, 6.45) is 6.22. The molecule has 94 valence electrons. The van der Waals surface area contributed by atoms with Gasteiger partial charge >= 0.3 is 0 Å². The van der Waals surface area contributed by atoms with E-state index in [9.17, 15) is 8.42 Å². The van der Waals surface area contributed by atoms with E-state index >= 15 is 0 Å². The minimum atomic E-state index is -3.51. The van der Waals surface area contributed by atoms with Gasteiger partial charge in [0.2, 0.25) is 0 Å². The van der Waals surface area contributed by atoms with Gasteiger partial charge in [-0.1, -0.05) is 0 Å². The van der Waals surface area contributed by atoms with Crippen LogP contribution >= 0.6 is 0 Å².